The van der Waals surface area contributed by atoms with Crippen molar-refractivity contribution in [1.82, 2.24) is 9.80 Å². The summed E-state index contributed by atoms with van der Waals surface area (Å²) in [4.78, 5) is 4.81. The quantitative estimate of drug-likeness (QED) is 0.836. The van der Waals surface area contributed by atoms with Crippen molar-refractivity contribution in [2.45, 2.75) is 37.1 Å². The Morgan fingerprint density at radius 3 is 2.24 bits per heavy atom. The molecule has 1 aliphatic carbocycles. The van der Waals surface area contributed by atoms with Gasteiger partial charge in [0.15, 0.2) is 0 Å². The van der Waals surface area contributed by atoms with Crippen molar-refractivity contribution in [3.63, 3.8) is 0 Å². The van der Waals surface area contributed by atoms with E-state index in [2.05, 4.69) is 53.2 Å². The fraction of sp³-hybridized carbons (Fsp3) is 0.611. The molecule has 0 radical (unpaired) electrons. The molecule has 1 heterocycles. The van der Waals surface area contributed by atoms with Crippen LogP contribution in [0.1, 0.15) is 37.2 Å². The van der Waals surface area contributed by atoms with E-state index in [-0.39, 0.29) is 5.54 Å². The van der Waals surface area contributed by atoms with Gasteiger partial charge in [-0.2, -0.15) is 5.26 Å². The second-order valence-corrected chi connectivity index (χ2v) is 6.62. The van der Waals surface area contributed by atoms with Crippen LogP contribution in [0.5, 0.6) is 0 Å². The van der Waals surface area contributed by atoms with Crippen molar-refractivity contribution in [2.24, 2.45) is 0 Å². The number of piperazine rings is 1. The van der Waals surface area contributed by atoms with E-state index in [1.807, 2.05) is 0 Å². The van der Waals surface area contributed by atoms with Gasteiger partial charge in [0, 0.05) is 26.2 Å². The van der Waals surface area contributed by atoms with Crippen LogP contribution >= 0.6 is 0 Å². The summed E-state index contributed by atoms with van der Waals surface area (Å²) in [6.07, 6.45) is 4.33. The first kappa shape index (κ1) is 14.6. The van der Waals surface area contributed by atoms with E-state index in [0.717, 1.165) is 51.9 Å². The molecule has 1 saturated heterocycles. The molecule has 3 nitrogen and oxygen atoms in total. The van der Waals surface area contributed by atoms with Gasteiger partial charge in [0.25, 0.3) is 0 Å². The van der Waals surface area contributed by atoms with Crippen molar-refractivity contribution >= 4 is 0 Å². The summed E-state index contributed by atoms with van der Waals surface area (Å²) >= 11 is 0. The number of benzene rings is 1. The van der Waals surface area contributed by atoms with E-state index in [0.29, 0.717) is 5.92 Å². The molecule has 0 N–H and O–H groups in total. The zero-order chi connectivity index (χ0) is 14.7. The van der Waals surface area contributed by atoms with Gasteiger partial charge in [-0.1, -0.05) is 30.3 Å². The van der Waals surface area contributed by atoms with Crippen LogP contribution in [0.4, 0.5) is 0 Å². The summed E-state index contributed by atoms with van der Waals surface area (Å²) in [6.45, 7) is 4.26. The molecule has 0 spiro atoms. The van der Waals surface area contributed by atoms with E-state index < -0.39 is 0 Å². The lowest BCUT2D eigenvalue weighted by Gasteiger charge is -2.46. The minimum Gasteiger partial charge on any atom is -0.304 e. The van der Waals surface area contributed by atoms with Crippen molar-refractivity contribution in [2.75, 3.05) is 33.2 Å². The first-order valence-electron chi connectivity index (χ1n) is 8.13. The minimum absolute atomic E-state index is 0.202. The van der Waals surface area contributed by atoms with E-state index in [9.17, 15) is 5.26 Å². The van der Waals surface area contributed by atoms with Crippen molar-refractivity contribution in [1.29, 1.82) is 5.26 Å². The Labute approximate surface area is 128 Å². The lowest BCUT2D eigenvalue weighted by molar-refractivity contribution is 0.0463. The highest BCUT2D eigenvalue weighted by Gasteiger charge is 2.41. The van der Waals surface area contributed by atoms with Gasteiger partial charge in [0.05, 0.1) is 6.07 Å². The predicted molar refractivity (Wildman–Crippen MR) is 85.1 cm³/mol. The van der Waals surface area contributed by atoms with Crippen molar-refractivity contribution in [3.05, 3.63) is 35.9 Å². The maximum atomic E-state index is 9.81. The second-order valence-electron chi connectivity index (χ2n) is 6.62. The summed E-state index contributed by atoms with van der Waals surface area (Å²) in [5.41, 5.74) is 1.24. The Morgan fingerprint density at radius 2 is 1.67 bits per heavy atom. The summed E-state index contributed by atoms with van der Waals surface area (Å²) < 4.78 is 0. The molecular weight excluding hydrogens is 258 g/mol. The summed E-state index contributed by atoms with van der Waals surface area (Å²) in [5, 5.41) is 9.81. The molecule has 3 rings (SSSR count). The SMILES string of the molecule is CN1CCN(C2(C#N)CCC(c3ccccc3)CC2)CC1. The molecule has 1 aliphatic heterocycles. The Balaban J connectivity index is 1.66. The van der Waals surface area contributed by atoms with Gasteiger partial charge in [-0.15, -0.1) is 0 Å². The van der Waals surface area contributed by atoms with Crippen molar-refractivity contribution in [3.8, 4) is 6.07 Å². The largest absolute Gasteiger partial charge is 0.304 e. The highest BCUT2D eigenvalue weighted by atomic mass is 15.3. The Bertz CT molecular complexity index is 489. The fourth-order valence-electron chi connectivity index (χ4n) is 3.89. The molecule has 0 amide bonds. The van der Waals surface area contributed by atoms with Crippen LogP contribution in [-0.2, 0) is 0 Å². The fourth-order valence-corrected chi connectivity index (χ4v) is 3.89. The summed E-state index contributed by atoms with van der Waals surface area (Å²) in [6, 6.07) is 13.5. The average Bonchev–Trinajstić information content (AvgIpc) is 2.56. The van der Waals surface area contributed by atoms with Gasteiger partial charge >= 0.3 is 0 Å². The third-order valence-corrected chi connectivity index (χ3v) is 5.40. The van der Waals surface area contributed by atoms with Crippen LogP contribution < -0.4 is 0 Å². The topological polar surface area (TPSA) is 30.3 Å². The molecule has 112 valence electrons. The zero-order valence-corrected chi connectivity index (χ0v) is 13.0. The maximum Gasteiger partial charge on any atom is 0.109 e. The summed E-state index contributed by atoms with van der Waals surface area (Å²) in [5.74, 6) is 0.639. The highest BCUT2D eigenvalue weighted by Crippen LogP contribution is 2.41. The highest BCUT2D eigenvalue weighted by molar-refractivity contribution is 5.22. The van der Waals surface area contributed by atoms with E-state index in [1.165, 1.54) is 5.56 Å². The number of nitrogens with zero attached hydrogens (tertiary/aromatic N) is 3. The molecule has 2 aliphatic rings. The first-order chi connectivity index (χ1) is 10.2. The number of hydrogen-bond acceptors (Lipinski definition) is 3. The van der Waals surface area contributed by atoms with Crippen LogP contribution in [0.3, 0.4) is 0 Å². The lowest BCUT2D eigenvalue weighted by Crippen LogP contribution is -2.56. The molecule has 1 saturated carbocycles. The van der Waals surface area contributed by atoms with Crippen LogP contribution in [0.2, 0.25) is 0 Å². The van der Waals surface area contributed by atoms with Gasteiger partial charge in [0.2, 0.25) is 0 Å². The van der Waals surface area contributed by atoms with Crippen LogP contribution in [0, 0.1) is 11.3 Å². The van der Waals surface area contributed by atoms with Gasteiger partial charge in [0.1, 0.15) is 5.54 Å². The molecule has 1 aromatic rings. The van der Waals surface area contributed by atoms with Crippen LogP contribution in [0.25, 0.3) is 0 Å². The Hall–Kier alpha value is -1.37. The molecular formula is C18H25N3. The van der Waals surface area contributed by atoms with E-state index in [1.54, 1.807) is 0 Å². The third kappa shape index (κ3) is 2.97. The first-order valence-corrected chi connectivity index (χ1v) is 8.13. The Kier molecular flexibility index (Phi) is 4.28. The van der Waals surface area contributed by atoms with Crippen LogP contribution in [0.15, 0.2) is 30.3 Å². The monoisotopic (exact) mass is 283 g/mol. The number of likely N-dealkylation sites (N-methyl/N-ethyl adjacent to an activating group) is 1. The second kappa shape index (κ2) is 6.17. The molecule has 0 unspecified atom stereocenters. The molecule has 2 fully saturated rings. The third-order valence-electron chi connectivity index (χ3n) is 5.40. The van der Waals surface area contributed by atoms with Crippen molar-refractivity contribution < 1.29 is 0 Å². The molecule has 0 atom stereocenters. The molecule has 1 aromatic carbocycles. The van der Waals surface area contributed by atoms with E-state index >= 15 is 0 Å². The molecule has 3 heteroatoms. The van der Waals surface area contributed by atoms with Crippen LogP contribution in [-0.4, -0.2) is 48.6 Å². The molecule has 0 aromatic heterocycles. The predicted octanol–water partition coefficient (Wildman–Crippen LogP) is 2.85. The van der Waals surface area contributed by atoms with Gasteiger partial charge in [-0.3, -0.25) is 4.90 Å². The average molecular weight is 283 g/mol. The van der Waals surface area contributed by atoms with Gasteiger partial charge < -0.3 is 4.90 Å². The zero-order valence-electron chi connectivity index (χ0n) is 13.0. The lowest BCUT2D eigenvalue weighted by atomic mass is 9.73. The standard InChI is InChI=1S/C18H25N3/c1-20-11-13-21(14-12-20)18(15-19)9-7-17(8-10-18)16-5-3-2-4-6-16/h2-6,17H,7-14H2,1H3. The number of hydrogen-bond donors (Lipinski definition) is 0. The smallest absolute Gasteiger partial charge is 0.109 e. The number of rotatable bonds is 2. The van der Waals surface area contributed by atoms with Gasteiger partial charge in [-0.25, -0.2) is 0 Å². The van der Waals surface area contributed by atoms with Gasteiger partial charge in [-0.05, 0) is 44.2 Å². The van der Waals surface area contributed by atoms with E-state index in [4.69, 9.17) is 0 Å². The number of nitriles is 1. The molecule has 0 bridgehead atoms. The maximum absolute atomic E-state index is 9.81. The minimum atomic E-state index is -0.202. The Morgan fingerprint density at radius 1 is 1.05 bits per heavy atom. The summed E-state index contributed by atoms with van der Waals surface area (Å²) in [7, 11) is 2.17. The molecule has 21 heavy (non-hydrogen) atoms. The normalized spacial score (nSPS) is 31.7.